The van der Waals surface area contributed by atoms with E-state index in [0.29, 0.717) is 12.0 Å². The molecule has 7 heteroatoms. The van der Waals surface area contributed by atoms with Gasteiger partial charge in [-0.1, -0.05) is 26.0 Å². The molecule has 7 nitrogen and oxygen atoms in total. The van der Waals surface area contributed by atoms with Gasteiger partial charge in [-0.25, -0.2) is 4.79 Å². The highest BCUT2D eigenvalue weighted by atomic mass is 16.6. The number of aliphatic hydroxyl groups is 1. The first kappa shape index (κ1) is 17.1. The van der Waals surface area contributed by atoms with E-state index in [1.165, 1.54) is 12.1 Å². The number of carboxylic acid groups (broad SMARTS) is 1. The predicted octanol–water partition coefficient (Wildman–Crippen LogP) is 1.79. The Balaban J connectivity index is 3.00. The Labute approximate surface area is 122 Å². The van der Waals surface area contributed by atoms with Gasteiger partial charge in [0.2, 0.25) is 0 Å². The summed E-state index contributed by atoms with van der Waals surface area (Å²) >= 11 is 0. The van der Waals surface area contributed by atoms with Crippen LogP contribution in [0.15, 0.2) is 18.2 Å². The van der Waals surface area contributed by atoms with Crippen LogP contribution in [0, 0.1) is 16.0 Å². The standard InChI is InChI=1S/C14H20N2O5/c1-9(2)11(6-7-17)15-8-10-4-3-5-12(16(20)21)13(10)14(18)19/h3-5,9,11,15,17H,6-8H2,1-2H3,(H,18,19). The summed E-state index contributed by atoms with van der Waals surface area (Å²) in [4.78, 5) is 21.5. The Morgan fingerprint density at radius 1 is 1.43 bits per heavy atom. The van der Waals surface area contributed by atoms with Crippen LogP contribution >= 0.6 is 0 Å². The molecule has 1 unspecified atom stereocenters. The summed E-state index contributed by atoms with van der Waals surface area (Å²) < 4.78 is 0. The third kappa shape index (κ3) is 4.51. The van der Waals surface area contributed by atoms with Gasteiger partial charge in [0, 0.05) is 25.3 Å². The van der Waals surface area contributed by atoms with Crippen LogP contribution in [-0.2, 0) is 6.54 Å². The van der Waals surface area contributed by atoms with Gasteiger partial charge in [-0.15, -0.1) is 0 Å². The van der Waals surface area contributed by atoms with Gasteiger partial charge in [-0.05, 0) is 17.9 Å². The van der Waals surface area contributed by atoms with Crippen LogP contribution in [0.4, 0.5) is 5.69 Å². The van der Waals surface area contributed by atoms with E-state index in [1.807, 2.05) is 13.8 Å². The Kier molecular flexibility index (Phi) is 6.26. The third-order valence-corrected chi connectivity index (χ3v) is 3.34. The molecule has 1 aromatic carbocycles. The molecule has 1 aromatic rings. The summed E-state index contributed by atoms with van der Waals surface area (Å²) in [6.45, 7) is 4.19. The molecule has 3 N–H and O–H groups in total. The molecule has 0 radical (unpaired) electrons. The minimum atomic E-state index is -1.32. The molecule has 0 aliphatic heterocycles. The lowest BCUT2D eigenvalue weighted by atomic mass is 10.00. The lowest BCUT2D eigenvalue weighted by molar-refractivity contribution is -0.385. The zero-order valence-corrected chi connectivity index (χ0v) is 12.1. The number of carbonyl (C=O) groups is 1. The number of benzene rings is 1. The normalized spacial score (nSPS) is 12.4. The van der Waals surface area contributed by atoms with Gasteiger partial charge < -0.3 is 15.5 Å². The quantitative estimate of drug-likeness (QED) is 0.498. The fourth-order valence-corrected chi connectivity index (χ4v) is 2.18. The van der Waals surface area contributed by atoms with E-state index >= 15 is 0 Å². The van der Waals surface area contributed by atoms with E-state index in [2.05, 4.69) is 5.32 Å². The molecule has 0 heterocycles. The number of aliphatic hydroxyl groups excluding tert-OH is 1. The number of rotatable bonds is 8. The summed E-state index contributed by atoms with van der Waals surface area (Å²) in [5.41, 5.74) is -0.341. The number of nitrogens with zero attached hydrogens (tertiary/aromatic N) is 1. The molecular formula is C14H20N2O5. The second-order valence-electron chi connectivity index (χ2n) is 5.12. The minimum absolute atomic E-state index is 0.0101. The molecule has 0 saturated carbocycles. The maximum absolute atomic E-state index is 11.3. The van der Waals surface area contributed by atoms with Gasteiger partial charge in [-0.3, -0.25) is 10.1 Å². The van der Waals surface area contributed by atoms with Gasteiger partial charge in [0.15, 0.2) is 0 Å². The zero-order valence-electron chi connectivity index (χ0n) is 12.1. The van der Waals surface area contributed by atoms with Gasteiger partial charge in [0.25, 0.3) is 5.69 Å². The summed E-state index contributed by atoms with van der Waals surface area (Å²) in [5, 5.41) is 32.3. The van der Waals surface area contributed by atoms with E-state index in [0.717, 1.165) is 0 Å². The first-order chi connectivity index (χ1) is 9.88. The lowest BCUT2D eigenvalue weighted by Crippen LogP contribution is -2.34. The van der Waals surface area contributed by atoms with Crippen molar-refractivity contribution in [2.24, 2.45) is 5.92 Å². The number of carboxylic acids is 1. The van der Waals surface area contributed by atoms with Gasteiger partial charge in [0.05, 0.1) is 4.92 Å². The molecule has 1 rings (SSSR count). The fraction of sp³-hybridized carbons (Fsp3) is 0.500. The molecule has 0 aliphatic carbocycles. The molecule has 0 saturated heterocycles. The predicted molar refractivity (Wildman–Crippen MR) is 77.2 cm³/mol. The number of nitrogens with one attached hydrogen (secondary N) is 1. The highest BCUT2D eigenvalue weighted by Crippen LogP contribution is 2.22. The lowest BCUT2D eigenvalue weighted by Gasteiger charge is -2.22. The molecule has 0 amide bonds. The Morgan fingerprint density at radius 3 is 2.57 bits per heavy atom. The van der Waals surface area contributed by atoms with Gasteiger partial charge >= 0.3 is 5.97 Å². The molecular weight excluding hydrogens is 276 g/mol. The van der Waals surface area contributed by atoms with Crippen LogP contribution in [0.5, 0.6) is 0 Å². The van der Waals surface area contributed by atoms with Gasteiger partial charge in [-0.2, -0.15) is 0 Å². The average molecular weight is 296 g/mol. The fourth-order valence-electron chi connectivity index (χ4n) is 2.18. The molecule has 0 fully saturated rings. The zero-order chi connectivity index (χ0) is 16.0. The van der Waals surface area contributed by atoms with E-state index < -0.39 is 16.6 Å². The Hall–Kier alpha value is -1.99. The second-order valence-corrected chi connectivity index (χ2v) is 5.12. The highest BCUT2D eigenvalue weighted by molar-refractivity contribution is 5.94. The Bertz CT molecular complexity index is 516. The van der Waals surface area contributed by atoms with E-state index in [9.17, 15) is 20.0 Å². The molecule has 0 bridgehead atoms. The topological polar surface area (TPSA) is 113 Å². The van der Waals surface area contributed by atoms with Crippen LogP contribution in [0.25, 0.3) is 0 Å². The monoisotopic (exact) mass is 296 g/mol. The van der Waals surface area contributed by atoms with Crippen molar-refractivity contribution >= 4 is 11.7 Å². The van der Waals surface area contributed by atoms with Crippen molar-refractivity contribution < 1.29 is 19.9 Å². The maximum atomic E-state index is 11.3. The van der Waals surface area contributed by atoms with Crippen LogP contribution in [0.3, 0.4) is 0 Å². The van der Waals surface area contributed by atoms with Crippen LogP contribution in [-0.4, -0.2) is 33.8 Å². The molecule has 21 heavy (non-hydrogen) atoms. The van der Waals surface area contributed by atoms with Crippen molar-refractivity contribution in [3.63, 3.8) is 0 Å². The maximum Gasteiger partial charge on any atom is 0.343 e. The minimum Gasteiger partial charge on any atom is -0.477 e. The third-order valence-electron chi connectivity index (χ3n) is 3.34. The molecule has 0 aliphatic rings. The van der Waals surface area contributed by atoms with Crippen LogP contribution in [0.2, 0.25) is 0 Å². The SMILES string of the molecule is CC(C)C(CCO)NCc1cccc([N+](=O)[O-])c1C(=O)O. The van der Waals surface area contributed by atoms with Crippen molar-refractivity contribution in [3.05, 3.63) is 39.4 Å². The molecule has 0 aromatic heterocycles. The second kappa shape index (κ2) is 7.70. The largest absolute Gasteiger partial charge is 0.477 e. The summed E-state index contributed by atoms with van der Waals surface area (Å²) in [6, 6.07) is 4.22. The molecule has 1 atom stereocenters. The summed E-state index contributed by atoms with van der Waals surface area (Å²) in [7, 11) is 0. The first-order valence-electron chi connectivity index (χ1n) is 6.72. The van der Waals surface area contributed by atoms with Crippen molar-refractivity contribution in [2.75, 3.05) is 6.61 Å². The summed E-state index contributed by atoms with van der Waals surface area (Å²) in [5.74, 6) is -1.06. The van der Waals surface area contributed by atoms with Crippen LogP contribution < -0.4 is 5.32 Å². The molecule has 0 spiro atoms. The first-order valence-corrected chi connectivity index (χ1v) is 6.72. The van der Waals surface area contributed by atoms with Crippen molar-refractivity contribution in [1.29, 1.82) is 0 Å². The van der Waals surface area contributed by atoms with Gasteiger partial charge in [0.1, 0.15) is 5.56 Å². The average Bonchev–Trinajstić information content (AvgIpc) is 2.42. The van der Waals surface area contributed by atoms with Crippen molar-refractivity contribution in [1.82, 2.24) is 5.32 Å². The Morgan fingerprint density at radius 2 is 2.10 bits per heavy atom. The van der Waals surface area contributed by atoms with Crippen molar-refractivity contribution in [3.8, 4) is 0 Å². The number of hydrogen-bond acceptors (Lipinski definition) is 5. The van der Waals surface area contributed by atoms with Crippen LogP contribution in [0.1, 0.15) is 36.2 Å². The smallest absolute Gasteiger partial charge is 0.343 e. The van der Waals surface area contributed by atoms with Crippen molar-refractivity contribution in [2.45, 2.75) is 32.9 Å². The number of nitro benzene ring substituents is 1. The number of hydrogen-bond donors (Lipinski definition) is 3. The molecule has 116 valence electrons. The number of nitro groups is 1. The highest BCUT2D eigenvalue weighted by Gasteiger charge is 2.23. The van der Waals surface area contributed by atoms with E-state index in [1.54, 1.807) is 6.07 Å². The van der Waals surface area contributed by atoms with E-state index in [-0.39, 0.29) is 30.7 Å². The van der Waals surface area contributed by atoms with E-state index in [4.69, 9.17) is 5.11 Å². The summed E-state index contributed by atoms with van der Waals surface area (Å²) in [6.07, 6.45) is 0.537. The number of aromatic carboxylic acids is 1.